The number of amides is 1. The lowest BCUT2D eigenvalue weighted by atomic mass is 9.96. The van der Waals surface area contributed by atoms with Crippen LogP contribution < -0.4 is 4.74 Å². The Kier molecular flexibility index (Phi) is 4.85. The average Bonchev–Trinajstić information content (AvgIpc) is 2.70. The third-order valence-corrected chi connectivity index (χ3v) is 5.05. The average molecular weight is 425 g/mol. The van der Waals surface area contributed by atoms with Crippen LogP contribution >= 0.6 is 15.9 Å². The molecule has 0 aliphatic carbocycles. The lowest BCUT2D eigenvalue weighted by molar-refractivity contribution is 0.0727. The van der Waals surface area contributed by atoms with Crippen LogP contribution in [0.25, 0.3) is 11.4 Å². The standard InChI is InChI=1S/C20H17BrN4O2/c1-27-14-4-2-13(3-5-14)11-25-9-7-15-16(20(25)26)6-8-22-19(15)17-10-18(21)24-12-23-17/h2-6,8,10,12H,7,9,11H2,1H3. The number of aromatic nitrogens is 3. The van der Waals surface area contributed by atoms with Crippen LogP contribution in [0.5, 0.6) is 5.75 Å². The number of carbonyl (C=O) groups is 1. The van der Waals surface area contributed by atoms with Crippen LogP contribution in [-0.2, 0) is 13.0 Å². The van der Waals surface area contributed by atoms with Gasteiger partial charge in [-0.25, -0.2) is 9.97 Å². The van der Waals surface area contributed by atoms with E-state index in [0.717, 1.165) is 29.0 Å². The van der Waals surface area contributed by atoms with Crippen LogP contribution in [0.1, 0.15) is 21.5 Å². The van der Waals surface area contributed by atoms with E-state index in [9.17, 15) is 4.79 Å². The van der Waals surface area contributed by atoms with Crippen molar-refractivity contribution in [2.75, 3.05) is 13.7 Å². The zero-order chi connectivity index (χ0) is 18.8. The summed E-state index contributed by atoms with van der Waals surface area (Å²) in [5.74, 6) is 0.824. The second-order valence-corrected chi connectivity index (χ2v) is 7.05. The van der Waals surface area contributed by atoms with Crippen LogP contribution in [0.4, 0.5) is 0 Å². The molecule has 0 bridgehead atoms. The Labute approximate surface area is 165 Å². The molecule has 0 N–H and O–H groups in total. The SMILES string of the molecule is COc1ccc(CN2CCc3c(ccnc3-c3cc(Br)ncn3)C2=O)cc1. The van der Waals surface area contributed by atoms with Crippen molar-refractivity contribution in [1.29, 1.82) is 0 Å². The summed E-state index contributed by atoms with van der Waals surface area (Å²) in [5, 5.41) is 0. The molecule has 3 heterocycles. The van der Waals surface area contributed by atoms with Gasteiger partial charge >= 0.3 is 0 Å². The molecule has 1 aliphatic rings. The third-order valence-electron chi connectivity index (χ3n) is 4.61. The van der Waals surface area contributed by atoms with E-state index in [-0.39, 0.29) is 5.91 Å². The van der Waals surface area contributed by atoms with Gasteiger partial charge in [-0.1, -0.05) is 12.1 Å². The number of methoxy groups -OCH3 is 1. The maximum absolute atomic E-state index is 13.0. The number of carbonyl (C=O) groups excluding carboxylic acids is 1. The normalized spacial score (nSPS) is 13.4. The molecule has 0 spiro atoms. The van der Waals surface area contributed by atoms with E-state index < -0.39 is 0 Å². The van der Waals surface area contributed by atoms with Gasteiger partial charge in [0.05, 0.1) is 18.5 Å². The molecule has 136 valence electrons. The Bertz CT molecular complexity index is 992. The van der Waals surface area contributed by atoms with Crippen molar-refractivity contribution >= 4 is 21.8 Å². The second-order valence-electron chi connectivity index (χ2n) is 6.24. The summed E-state index contributed by atoms with van der Waals surface area (Å²) < 4.78 is 5.88. The van der Waals surface area contributed by atoms with Crippen LogP contribution in [-0.4, -0.2) is 39.4 Å². The van der Waals surface area contributed by atoms with E-state index in [2.05, 4.69) is 30.9 Å². The third kappa shape index (κ3) is 3.55. The lowest BCUT2D eigenvalue weighted by Crippen LogP contribution is -2.37. The minimum atomic E-state index is 0.0174. The fraction of sp³-hybridized carbons (Fsp3) is 0.200. The Morgan fingerprint density at radius 3 is 2.70 bits per heavy atom. The number of hydrogen-bond donors (Lipinski definition) is 0. The summed E-state index contributed by atoms with van der Waals surface area (Å²) >= 11 is 3.36. The lowest BCUT2D eigenvalue weighted by Gasteiger charge is -2.29. The van der Waals surface area contributed by atoms with Crippen molar-refractivity contribution in [1.82, 2.24) is 19.9 Å². The molecular formula is C20H17BrN4O2. The van der Waals surface area contributed by atoms with E-state index in [1.165, 1.54) is 6.33 Å². The first-order chi connectivity index (χ1) is 13.2. The summed E-state index contributed by atoms with van der Waals surface area (Å²) in [7, 11) is 1.64. The molecule has 0 radical (unpaired) electrons. The van der Waals surface area contributed by atoms with Crippen molar-refractivity contribution in [2.24, 2.45) is 0 Å². The molecule has 0 saturated carbocycles. The molecule has 0 saturated heterocycles. The van der Waals surface area contributed by atoms with Crippen molar-refractivity contribution < 1.29 is 9.53 Å². The second kappa shape index (κ2) is 7.44. The molecule has 1 aromatic carbocycles. The minimum Gasteiger partial charge on any atom is -0.497 e. The topological polar surface area (TPSA) is 68.2 Å². The fourth-order valence-corrected chi connectivity index (χ4v) is 3.56. The van der Waals surface area contributed by atoms with Crippen molar-refractivity contribution in [2.45, 2.75) is 13.0 Å². The number of benzene rings is 1. The quantitative estimate of drug-likeness (QED) is 0.599. The fourth-order valence-electron chi connectivity index (χ4n) is 3.25. The minimum absolute atomic E-state index is 0.0174. The maximum atomic E-state index is 13.0. The van der Waals surface area contributed by atoms with Gasteiger partial charge in [0.25, 0.3) is 5.91 Å². The van der Waals surface area contributed by atoms with Gasteiger partial charge in [-0.2, -0.15) is 0 Å². The van der Waals surface area contributed by atoms with Crippen molar-refractivity contribution in [3.63, 3.8) is 0 Å². The van der Waals surface area contributed by atoms with Gasteiger partial charge < -0.3 is 9.64 Å². The predicted molar refractivity (Wildman–Crippen MR) is 104 cm³/mol. The summed E-state index contributed by atoms with van der Waals surface area (Å²) in [6.07, 6.45) is 3.89. The Morgan fingerprint density at radius 1 is 1.15 bits per heavy atom. The zero-order valence-corrected chi connectivity index (χ0v) is 16.3. The molecule has 1 aliphatic heterocycles. The summed E-state index contributed by atoms with van der Waals surface area (Å²) in [4.78, 5) is 27.7. The monoisotopic (exact) mass is 424 g/mol. The van der Waals surface area contributed by atoms with Gasteiger partial charge in [-0.15, -0.1) is 0 Å². The van der Waals surface area contributed by atoms with E-state index >= 15 is 0 Å². The molecule has 0 unspecified atom stereocenters. The smallest absolute Gasteiger partial charge is 0.254 e. The summed E-state index contributed by atoms with van der Waals surface area (Å²) in [6, 6.07) is 11.4. The number of halogens is 1. The molecule has 0 atom stereocenters. The van der Waals surface area contributed by atoms with E-state index in [0.29, 0.717) is 29.0 Å². The molecule has 0 fully saturated rings. The molecule has 6 nitrogen and oxygen atoms in total. The highest BCUT2D eigenvalue weighted by Gasteiger charge is 2.27. The van der Waals surface area contributed by atoms with Crippen LogP contribution in [0, 0.1) is 0 Å². The van der Waals surface area contributed by atoms with Crippen LogP contribution in [0.2, 0.25) is 0 Å². The first kappa shape index (κ1) is 17.6. The highest BCUT2D eigenvalue weighted by atomic mass is 79.9. The number of nitrogens with zero attached hydrogens (tertiary/aromatic N) is 4. The Morgan fingerprint density at radius 2 is 1.96 bits per heavy atom. The summed E-state index contributed by atoms with van der Waals surface area (Å²) in [5.41, 5.74) is 4.16. The largest absolute Gasteiger partial charge is 0.497 e. The van der Waals surface area contributed by atoms with Gasteiger partial charge in [-0.3, -0.25) is 9.78 Å². The predicted octanol–water partition coefficient (Wildman–Crippen LogP) is 3.51. The van der Waals surface area contributed by atoms with E-state index in [4.69, 9.17) is 4.74 Å². The number of fused-ring (bicyclic) bond motifs is 1. The first-order valence-electron chi connectivity index (χ1n) is 8.53. The molecule has 3 aromatic rings. The Hall–Kier alpha value is -2.80. The van der Waals surface area contributed by atoms with Crippen molar-refractivity contribution in [3.05, 3.63) is 70.2 Å². The highest BCUT2D eigenvalue weighted by Crippen LogP contribution is 2.29. The van der Waals surface area contributed by atoms with Gasteiger partial charge in [0.15, 0.2) is 0 Å². The molecule has 4 rings (SSSR count). The van der Waals surface area contributed by atoms with Crippen molar-refractivity contribution in [3.8, 4) is 17.1 Å². The first-order valence-corrected chi connectivity index (χ1v) is 9.33. The molecule has 7 heteroatoms. The van der Waals surface area contributed by atoms with Gasteiger partial charge in [-0.05, 0) is 57.7 Å². The molecule has 1 amide bonds. The highest BCUT2D eigenvalue weighted by molar-refractivity contribution is 9.10. The van der Waals surface area contributed by atoms with Gasteiger partial charge in [0, 0.05) is 24.8 Å². The zero-order valence-electron chi connectivity index (χ0n) is 14.7. The van der Waals surface area contributed by atoms with E-state index in [1.54, 1.807) is 19.4 Å². The number of pyridine rings is 1. The molecule has 27 heavy (non-hydrogen) atoms. The molecule has 2 aromatic heterocycles. The summed E-state index contributed by atoms with van der Waals surface area (Å²) in [6.45, 7) is 1.21. The van der Waals surface area contributed by atoms with Gasteiger partial charge in [0.2, 0.25) is 0 Å². The Balaban J connectivity index is 1.62. The number of hydrogen-bond acceptors (Lipinski definition) is 5. The number of ether oxygens (including phenoxy) is 1. The molecular weight excluding hydrogens is 408 g/mol. The van der Waals surface area contributed by atoms with Crippen LogP contribution in [0.15, 0.2) is 53.5 Å². The van der Waals surface area contributed by atoms with Crippen LogP contribution in [0.3, 0.4) is 0 Å². The van der Waals surface area contributed by atoms with Gasteiger partial charge in [0.1, 0.15) is 16.7 Å². The van der Waals surface area contributed by atoms with E-state index in [1.807, 2.05) is 35.2 Å². The maximum Gasteiger partial charge on any atom is 0.254 e. The number of rotatable bonds is 4.